The number of aliphatic hydroxyl groups excluding tert-OH is 8. The average molecular weight is 1260 g/mol. The number of ether oxygens (including phenoxy) is 4. The maximum atomic E-state index is 13.3. The fourth-order valence-electron chi connectivity index (χ4n) is 13.2. The van der Waals surface area contributed by atoms with E-state index in [-0.39, 0.29) is 12.5 Å². The first kappa shape index (κ1) is 83.1. The average Bonchev–Trinajstić information content (AvgIpc) is 2.45. The van der Waals surface area contributed by atoms with E-state index in [0.717, 1.165) is 51.4 Å². The van der Waals surface area contributed by atoms with Gasteiger partial charge in [-0.1, -0.05) is 354 Å². The van der Waals surface area contributed by atoms with Crippen LogP contribution >= 0.6 is 0 Å². The number of aliphatic hydroxyl groups is 8. The lowest BCUT2D eigenvalue weighted by molar-refractivity contribution is -0.359. The number of hydrogen-bond acceptors (Lipinski definition) is 13. The number of carbonyl (C=O) groups is 1. The van der Waals surface area contributed by atoms with Crippen LogP contribution in [-0.2, 0) is 23.7 Å². The molecular weight excluding hydrogens is 1110 g/mol. The molecular formula is C74H145NO13. The minimum absolute atomic E-state index is 0.198. The minimum Gasteiger partial charge on any atom is -0.394 e. The van der Waals surface area contributed by atoms with E-state index in [9.17, 15) is 45.6 Å². The van der Waals surface area contributed by atoms with Crippen LogP contribution in [0, 0.1) is 0 Å². The SMILES string of the molecule is CCCCCCCCCCCCCCCCCCCCCCCCCCCCCCCCCCCCCCCCCCCC(=O)NC(COC1OC(CO)C(OC2OC(CO)C(O)C(O)C2O)C(O)C1O)C(O)CCCCCCCCCCCCCCC. The quantitative estimate of drug-likeness (QED) is 0.0259. The molecule has 14 heteroatoms. The summed E-state index contributed by atoms with van der Waals surface area (Å²) in [4.78, 5) is 13.3. The first-order valence-corrected chi connectivity index (χ1v) is 38.3. The van der Waals surface area contributed by atoms with Gasteiger partial charge in [-0.15, -0.1) is 0 Å². The van der Waals surface area contributed by atoms with Gasteiger partial charge >= 0.3 is 0 Å². The molecule has 0 bridgehead atoms. The Bertz CT molecular complexity index is 1480. The molecule has 1 amide bonds. The fourth-order valence-corrected chi connectivity index (χ4v) is 13.2. The predicted molar refractivity (Wildman–Crippen MR) is 360 cm³/mol. The zero-order valence-corrected chi connectivity index (χ0v) is 57.3. The van der Waals surface area contributed by atoms with Crippen LogP contribution in [0.25, 0.3) is 0 Å². The van der Waals surface area contributed by atoms with Gasteiger partial charge in [-0.2, -0.15) is 0 Å². The molecule has 0 aliphatic carbocycles. The molecule has 2 saturated heterocycles. The van der Waals surface area contributed by atoms with Gasteiger partial charge in [0.2, 0.25) is 5.91 Å². The van der Waals surface area contributed by atoms with Gasteiger partial charge in [0.25, 0.3) is 0 Å². The van der Waals surface area contributed by atoms with Crippen LogP contribution in [0.5, 0.6) is 0 Å². The van der Waals surface area contributed by atoms with Gasteiger partial charge in [0.1, 0.15) is 48.8 Å². The van der Waals surface area contributed by atoms with Crippen LogP contribution in [0.15, 0.2) is 0 Å². The maximum Gasteiger partial charge on any atom is 0.220 e. The Kier molecular flexibility index (Phi) is 56.4. The van der Waals surface area contributed by atoms with Crippen LogP contribution in [0.4, 0.5) is 0 Å². The Morgan fingerprint density at radius 1 is 0.364 bits per heavy atom. The molecule has 9 N–H and O–H groups in total. The van der Waals surface area contributed by atoms with E-state index in [1.54, 1.807) is 0 Å². The summed E-state index contributed by atoms with van der Waals surface area (Å²) in [7, 11) is 0. The molecule has 12 unspecified atom stereocenters. The van der Waals surface area contributed by atoms with Crippen molar-refractivity contribution in [3.63, 3.8) is 0 Å². The molecule has 0 radical (unpaired) electrons. The van der Waals surface area contributed by atoms with Crippen LogP contribution < -0.4 is 5.32 Å². The molecule has 524 valence electrons. The summed E-state index contributed by atoms with van der Waals surface area (Å²) in [6, 6.07) is -0.823. The number of rotatable bonds is 65. The second kappa shape index (κ2) is 59.7. The van der Waals surface area contributed by atoms with Gasteiger partial charge in [0.05, 0.1) is 32.0 Å². The van der Waals surface area contributed by atoms with Crippen molar-refractivity contribution in [1.82, 2.24) is 5.32 Å². The molecule has 2 heterocycles. The topological polar surface area (TPSA) is 228 Å². The third-order valence-electron chi connectivity index (χ3n) is 19.3. The summed E-state index contributed by atoms with van der Waals surface area (Å²) in [5, 5.41) is 87.5. The third kappa shape index (κ3) is 43.1. The van der Waals surface area contributed by atoms with Crippen molar-refractivity contribution in [2.24, 2.45) is 0 Å². The molecule has 0 aromatic carbocycles. The van der Waals surface area contributed by atoms with Crippen molar-refractivity contribution in [1.29, 1.82) is 0 Å². The Morgan fingerprint density at radius 2 is 0.648 bits per heavy atom. The summed E-state index contributed by atoms with van der Waals surface area (Å²) in [5.41, 5.74) is 0. The standard InChI is InChI=1S/C74H145NO13/c1-3-5-7-9-11-13-15-17-18-19-20-21-22-23-24-25-26-27-28-29-30-31-32-33-34-35-36-37-38-39-40-41-42-43-44-46-48-50-52-54-56-58-66(79)75-62(63(78)57-55-53-51-49-47-45-16-14-12-10-8-6-4-2)61-85-73-71(84)69(82)72(65(60-77)87-73)88-74-70(83)68(81)67(80)64(59-76)86-74/h62-65,67-74,76-78,80-84H,3-61H2,1-2H3,(H,75,79). The maximum absolute atomic E-state index is 13.3. The van der Waals surface area contributed by atoms with Crippen LogP contribution in [0.2, 0.25) is 0 Å². The van der Waals surface area contributed by atoms with E-state index in [0.29, 0.717) is 12.8 Å². The third-order valence-corrected chi connectivity index (χ3v) is 19.3. The number of carbonyl (C=O) groups excluding carboxylic acids is 1. The Hall–Kier alpha value is -1.01. The van der Waals surface area contributed by atoms with Crippen LogP contribution in [0.1, 0.15) is 373 Å². The number of nitrogens with one attached hydrogen (secondary N) is 1. The van der Waals surface area contributed by atoms with E-state index in [1.165, 1.54) is 295 Å². The Labute approximate surface area is 540 Å². The molecule has 0 spiro atoms. The van der Waals surface area contributed by atoms with Gasteiger partial charge < -0.3 is 65.1 Å². The van der Waals surface area contributed by atoms with E-state index < -0.39 is 86.8 Å². The van der Waals surface area contributed by atoms with E-state index in [2.05, 4.69) is 19.2 Å². The van der Waals surface area contributed by atoms with Gasteiger partial charge in [-0.25, -0.2) is 0 Å². The zero-order valence-electron chi connectivity index (χ0n) is 57.3. The highest BCUT2D eigenvalue weighted by atomic mass is 16.7. The second-order valence-electron chi connectivity index (χ2n) is 27.5. The molecule has 0 aromatic rings. The minimum atomic E-state index is -1.78. The van der Waals surface area contributed by atoms with Crippen molar-refractivity contribution in [2.75, 3.05) is 19.8 Å². The number of hydrogen-bond donors (Lipinski definition) is 9. The molecule has 88 heavy (non-hydrogen) atoms. The molecule has 0 saturated carbocycles. The van der Waals surface area contributed by atoms with Gasteiger partial charge in [0, 0.05) is 6.42 Å². The van der Waals surface area contributed by atoms with E-state index >= 15 is 0 Å². The number of unbranched alkanes of at least 4 members (excludes halogenated alkanes) is 52. The highest BCUT2D eigenvalue weighted by Crippen LogP contribution is 2.30. The smallest absolute Gasteiger partial charge is 0.220 e. The molecule has 2 aliphatic heterocycles. The molecule has 0 aromatic heterocycles. The Balaban J connectivity index is 1.50. The van der Waals surface area contributed by atoms with E-state index in [1.807, 2.05) is 0 Å². The predicted octanol–water partition coefficient (Wildman–Crippen LogP) is 16.4. The summed E-state index contributed by atoms with van der Waals surface area (Å²) >= 11 is 0. The second-order valence-corrected chi connectivity index (χ2v) is 27.5. The molecule has 2 aliphatic rings. The van der Waals surface area contributed by atoms with Crippen molar-refractivity contribution in [2.45, 2.75) is 447 Å². The summed E-state index contributed by atoms with van der Waals surface area (Å²) in [6.07, 6.45) is 56.1. The monoisotopic (exact) mass is 1260 g/mol. The van der Waals surface area contributed by atoms with Crippen LogP contribution in [-0.4, -0.2) is 140 Å². The van der Waals surface area contributed by atoms with Crippen molar-refractivity contribution >= 4 is 5.91 Å². The largest absolute Gasteiger partial charge is 0.394 e. The van der Waals surface area contributed by atoms with Gasteiger partial charge in [-0.05, 0) is 12.8 Å². The van der Waals surface area contributed by atoms with Crippen LogP contribution in [0.3, 0.4) is 0 Å². The highest BCUT2D eigenvalue weighted by Gasteiger charge is 2.51. The van der Waals surface area contributed by atoms with E-state index in [4.69, 9.17) is 18.9 Å². The molecule has 12 atom stereocenters. The van der Waals surface area contributed by atoms with Crippen molar-refractivity contribution in [3.05, 3.63) is 0 Å². The highest BCUT2D eigenvalue weighted by molar-refractivity contribution is 5.76. The first-order chi connectivity index (χ1) is 43.1. The molecule has 14 nitrogen and oxygen atoms in total. The number of amides is 1. The molecule has 2 fully saturated rings. The zero-order chi connectivity index (χ0) is 63.8. The van der Waals surface area contributed by atoms with Crippen molar-refractivity contribution in [3.8, 4) is 0 Å². The van der Waals surface area contributed by atoms with Gasteiger partial charge in [0.15, 0.2) is 12.6 Å². The molecule has 2 rings (SSSR count). The first-order valence-electron chi connectivity index (χ1n) is 38.3. The van der Waals surface area contributed by atoms with Gasteiger partial charge in [-0.3, -0.25) is 4.79 Å². The lowest BCUT2D eigenvalue weighted by atomic mass is 9.97. The Morgan fingerprint density at radius 3 is 0.966 bits per heavy atom. The fraction of sp³-hybridized carbons (Fsp3) is 0.986. The summed E-state index contributed by atoms with van der Waals surface area (Å²) < 4.78 is 22.9. The van der Waals surface area contributed by atoms with Crippen molar-refractivity contribution < 1.29 is 64.6 Å². The summed E-state index contributed by atoms with van der Waals surface area (Å²) in [6.45, 7) is 2.91. The lowest BCUT2D eigenvalue weighted by Gasteiger charge is -2.46. The normalized spacial score (nSPS) is 23.0. The summed E-state index contributed by atoms with van der Waals surface area (Å²) in [5.74, 6) is -0.198. The lowest BCUT2D eigenvalue weighted by Crippen LogP contribution is -2.65.